The van der Waals surface area contributed by atoms with Gasteiger partial charge in [-0.1, -0.05) is 0 Å². The highest BCUT2D eigenvalue weighted by molar-refractivity contribution is 5.69. The molecule has 1 aliphatic heterocycles. The van der Waals surface area contributed by atoms with Gasteiger partial charge < -0.3 is 9.64 Å². The molecule has 0 radical (unpaired) electrons. The lowest BCUT2D eigenvalue weighted by Crippen LogP contribution is -2.36. The number of anilines is 1. The first-order valence-corrected chi connectivity index (χ1v) is 7.41. The predicted octanol–water partition coefficient (Wildman–Crippen LogP) is 1.94. The minimum absolute atomic E-state index is 0.756. The topological polar surface area (TPSA) is 55.5 Å². The second kappa shape index (κ2) is 5.38. The number of imidazole rings is 1. The molecule has 0 unspecified atom stereocenters. The van der Waals surface area contributed by atoms with E-state index in [9.17, 15) is 0 Å². The smallest absolute Gasteiger partial charge is 0.156 e. The first-order valence-electron chi connectivity index (χ1n) is 7.41. The zero-order valence-corrected chi connectivity index (χ0v) is 12.4. The van der Waals surface area contributed by atoms with Crippen molar-refractivity contribution < 1.29 is 4.74 Å². The molecule has 4 rings (SSSR count). The van der Waals surface area contributed by atoms with Crippen molar-refractivity contribution in [2.24, 2.45) is 0 Å². The molecule has 0 aromatic carbocycles. The molecule has 3 aromatic rings. The number of ether oxygens (including phenoxy) is 1. The minimum Gasteiger partial charge on any atom is -0.378 e. The molecule has 1 aliphatic rings. The first kappa shape index (κ1) is 13.2. The molecule has 6 nitrogen and oxygen atoms in total. The number of pyridine rings is 1. The van der Waals surface area contributed by atoms with Gasteiger partial charge in [-0.25, -0.2) is 9.97 Å². The number of fused-ring (bicyclic) bond motifs is 1. The van der Waals surface area contributed by atoms with Crippen molar-refractivity contribution in [1.29, 1.82) is 0 Å². The Morgan fingerprint density at radius 1 is 1.18 bits per heavy atom. The molecular formula is C16H17N5O. The molecule has 112 valence electrons. The Morgan fingerprint density at radius 3 is 2.91 bits per heavy atom. The summed E-state index contributed by atoms with van der Waals surface area (Å²) in [7, 11) is 0. The van der Waals surface area contributed by atoms with Crippen molar-refractivity contribution in [1.82, 2.24) is 19.4 Å². The highest BCUT2D eigenvalue weighted by Gasteiger charge is 2.15. The highest BCUT2D eigenvalue weighted by Crippen LogP contribution is 2.27. The minimum atomic E-state index is 0.756. The van der Waals surface area contributed by atoms with Crippen LogP contribution < -0.4 is 4.90 Å². The molecule has 3 aromatic heterocycles. The summed E-state index contributed by atoms with van der Waals surface area (Å²) in [5.74, 6) is 0.990. The van der Waals surface area contributed by atoms with E-state index < -0.39 is 0 Å². The maximum Gasteiger partial charge on any atom is 0.156 e. The van der Waals surface area contributed by atoms with Gasteiger partial charge in [-0.15, -0.1) is 0 Å². The van der Waals surface area contributed by atoms with E-state index in [-0.39, 0.29) is 0 Å². The molecule has 0 N–H and O–H groups in total. The highest BCUT2D eigenvalue weighted by atomic mass is 16.5. The number of aromatic nitrogens is 4. The number of morpholine rings is 1. The van der Waals surface area contributed by atoms with Gasteiger partial charge in [0, 0.05) is 37.2 Å². The fraction of sp³-hybridized carbons (Fsp3) is 0.312. The molecule has 0 spiro atoms. The van der Waals surface area contributed by atoms with Gasteiger partial charge >= 0.3 is 0 Å². The summed E-state index contributed by atoms with van der Waals surface area (Å²) in [4.78, 5) is 15.5. The standard InChI is InChI=1S/C16H17N5O/c1-12-16(21-5-4-17-11-15(21)19-12)13-2-3-18-14(10-13)20-6-8-22-9-7-20/h2-5,10-11H,6-9H2,1H3. The van der Waals surface area contributed by atoms with Crippen LogP contribution in [0.4, 0.5) is 5.82 Å². The molecule has 0 aliphatic carbocycles. The van der Waals surface area contributed by atoms with E-state index in [0.29, 0.717) is 0 Å². The summed E-state index contributed by atoms with van der Waals surface area (Å²) in [6.07, 6.45) is 7.36. The van der Waals surface area contributed by atoms with Gasteiger partial charge in [-0.3, -0.25) is 9.38 Å². The number of hydrogen-bond donors (Lipinski definition) is 0. The van der Waals surface area contributed by atoms with Gasteiger partial charge in [-0.2, -0.15) is 0 Å². The van der Waals surface area contributed by atoms with Gasteiger partial charge in [0.25, 0.3) is 0 Å². The van der Waals surface area contributed by atoms with Gasteiger partial charge in [0.1, 0.15) is 5.82 Å². The van der Waals surface area contributed by atoms with Crippen LogP contribution in [0.3, 0.4) is 0 Å². The molecule has 1 saturated heterocycles. The van der Waals surface area contributed by atoms with Crippen molar-refractivity contribution in [3.05, 3.63) is 42.6 Å². The van der Waals surface area contributed by atoms with Crippen molar-refractivity contribution >= 4 is 11.5 Å². The third-order valence-corrected chi connectivity index (χ3v) is 3.96. The number of hydrogen-bond acceptors (Lipinski definition) is 5. The van der Waals surface area contributed by atoms with E-state index in [1.807, 2.05) is 25.4 Å². The van der Waals surface area contributed by atoms with Crippen LogP contribution in [0.15, 0.2) is 36.9 Å². The zero-order chi connectivity index (χ0) is 14.9. The van der Waals surface area contributed by atoms with Crippen molar-refractivity contribution in [2.45, 2.75) is 6.92 Å². The summed E-state index contributed by atoms with van der Waals surface area (Å²) in [6, 6.07) is 4.16. The summed E-state index contributed by atoms with van der Waals surface area (Å²) in [5.41, 5.74) is 4.06. The van der Waals surface area contributed by atoms with Crippen molar-refractivity contribution in [2.75, 3.05) is 31.2 Å². The Morgan fingerprint density at radius 2 is 2.05 bits per heavy atom. The summed E-state index contributed by atoms with van der Waals surface area (Å²) in [5, 5.41) is 0. The quantitative estimate of drug-likeness (QED) is 0.723. The van der Waals surface area contributed by atoms with E-state index >= 15 is 0 Å². The first-order chi connectivity index (χ1) is 10.8. The van der Waals surface area contributed by atoms with Crippen LogP contribution in [-0.2, 0) is 4.74 Å². The van der Waals surface area contributed by atoms with E-state index in [1.165, 1.54) is 0 Å². The fourth-order valence-corrected chi connectivity index (χ4v) is 2.90. The number of nitrogens with zero attached hydrogens (tertiary/aromatic N) is 5. The normalized spacial score (nSPS) is 15.4. The molecule has 1 fully saturated rings. The Kier molecular flexibility index (Phi) is 3.23. The lowest BCUT2D eigenvalue weighted by atomic mass is 10.1. The Hall–Kier alpha value is -2.47. The van der Waals surface area contributed by atoms with Crippen LogP contribution in [0.25, 0.3) is 16.9 Å². The number of aryl methyl sites for hydroxylation is 1. The Balaban J connectivity index is 1.80. The van der Waals surface area contributed by atoms with Crippen LogP contribution in [-0.4, -0.2) is 45.7 Å². The molecule has 6 heteroatoms. The van der Waals surface area contributed by atoms with E-state index in [2.05, 4.69) is 30.3 Å². The monoisotopic (exact) mass is 295 g/mol. The number of rotatable bonds is 2. The lowest BCUT2D eigenvalue weighted by molar-refractivity contribution is 0.122. The van der Waals surface area contributed by atoms with Crippen LogP contribution in [0.1, 0.15) is 5.69 Å². The average Bonchev–Trinajstić information content (AvgIpc) is 2.91. The van der Waals surface area contributed by atoms with Gasteiger partial charge in [0.2, 0.25) is 0 Å². The van der Waals surface area contributed by atoms with Crippen molar-refractivity contribution in [3.8, 4) is 11.3 Å². The van der Waals surface area contributed by atoms with Crippen molar-refractivity contribution in [3.63, 3.8) is 0 Å². The van der Waals surface area contributed by atoms with Gasteiger partial charge in [0.05, 0.1) is 30.8 Å². The second-order valence-electron chi connectivity index (χ2n) is 5.35. The molecule has 0 amide bonds. The molecule has 0 saturated carbocycles. The van der Waals surface area contributed by atoms with Crippen LogP contribution in [0, 0.1) is 6.92 Å². The maximum atomic E-state index is 5.41. The Bertz CT molecular complexity index is 807. The van der Waals surface area contributed by atoms with Crippen LogP contribution >= 0.6 is 0 Å². The van der Waals surface area contributed by atoms with Crippen LogP contribution in [0.5, 0.6) is 0 Å². The summed E-state index contributed by atoms with van der Waals surface area (Å²) < 4.78 is 7.48. The predicted molar refractivity (Wildman–Crippen MR) is 84.0 cm³/mol. The second-order valence-corrected chi connectivity index (χ2v) is 5.35. The third kappa shape index (κ3) is 2.21. The summed E-state index contributed by atoms with van der Waals surface area (Å²) in [6.45, 7) is 5.30. The third-order valence-electron chi connectivity index (χ3n) is 3.96. The van der Waals surface area contributed by atoms with Crippen LogP contribution in [0.2, 0.25) is 0 Å². The van der Waals surface area contributed by atoms with E-state index in [1.54, 1.807) is 12.4 Å². The largest absolute Gasteiger partial charge is 0.378 e. The van der Waals surface area contributed by atoms with E-state index in [4.69, 9.17) is 4.74 Å². The molecular weight excluding hydrogens is 278 g/mol. The molecule has 22 heavy (non-hydrogen) atoms. The fourth-order valence-electron chi connectivity index (χ4n) is 2.90. The summed E-state index contributed by atoms with van der Waals surface area (Å²) >= 11 is 0. The Labute approximate surface area is 128 Å². The van der Waals surface area contributed by atoms with E-state index in [0.717, 1.165) is 54.7 Å². The molecule has 0 bridgehead atoms. The molecule has 0 atom stereocenters. The maximum absolute atomic E-state index is 5.41. The lowest BCUT2D eigenvalue weighted by Gasteiger charge is -2.28. The van der Waals surface area contributed by atoms with Gasteiger partial charge in [0.15, 0.2) is 5.65 Å². The molecule has 4 heterocycles. The van der Waals surface area contributed by atoms with Gasteiger partial charge in [-0.05, 0) is 19.1 Å². The SMILES string of the molecule is Cc1nc2cnccn2c1-c1ccnc(N2CCOCC2)c1. The average molecular weight is 295 g/mol. The zero-order valence-electron chi connectivity index (χ0n) is 12.4.